The normalized spacial score (nSPS) is 22.9. The molecule has 3 rings (SSSR count). The molecule has 1 aliphatic rings. The molecule has 0 amide bonds. The summed E-state index contributed by atoms with van der Waals surface area (Å²) in [5, 5.41) is 15.7. The molecular weight excluding hydrogens is 246 g/mol. The summed E-state index contributed by atoms with van der Waals surface area (Å²) >= 11 is 0. The third-order valence-corrected chi connectivity index (χ3v) is 4.65. The van der Waals surface area contributed by atoms with Crippen molar-refractivity contribution in [3.8, 4) is 0 Å². The van der Waals surface area contributed by atoms with E-state index in [1.165, 1.54) is 42.1 Å². The summed E-state index contributed by atoms with van der Waals surface area (Å²) in [6.07, 6.45) is 5.00. The average Bonchev–Trinajstić information content (AvgIpc) is 2.53. The zero-order valence-corrected chi connectivity index (χ0v) is 11.9. The maximum absolute atomic E-state index is 9.50. The van der Waals surface area contributed by atoms with E-state index < -0.39 is 0 Å². The van der Waals surface area contributed by atoms with Gasteiger partial charge in [0.05, 0.1) is 0 Å². The standard InChI is InChI=1S/C18H23NO/c20-13-16-8-2-1-7-15(16)12-19-18-11-5-9-14-6-3-4-10-17(14)18/h3-6,9-11,15-16,19-20H,1-2,7-8,12-13H2. The zero-order valence-electron chi connectivity index (χ0n) is 11.9. The molecular formula is C18H23NO. The Balaban J connectivity index is 1.73. The molecule has 1 fully saturated rings. The Kier molecular flexibility index (Phi) is 4.22. The third kappa shape index (κ3) is 2.80. The molecule has 1 saturated carbocycles. The van der Waals surface area contributed by atoms with Gasteiger partial charge < -0.3 is 10.4 Å². The van der Waals surface area contributed by atoms with Gasteiger partial charge >= 0.3 is 0 Å². The molecule has 106 valence electrons. The molecule has 0 spiro atoms. The van der Waals surface area contributed by atoms with Crippen LogP contribution in [0.5, 0.6) is 0 Å². The first-order valence-electron chi connectivity index (χ1n) is 7.71. The van der Waals surface area contributed by atoms with Crippen molar-refractivity contribution in [3.05, 3.63) is 42.5 Å². The molecule has 2 unspecified atom stereocenters. The molecule has 2 heteroatoms. The van der Waals surface area contributed by atoms with E-state index in [1.807, 2.05) is 0 Å². The summed E-state index contributed by atoms with van der Waals surface area (Å²) in [5.74, 6) is 1.08. The highest BCUT2D eigenvalue weighted by Gasteiger charge is 2.24. The van der Waals surface area contributed by atoms with E-state index in [0.717, 1.165) is 6.54 Å². The number of benzene rings is 2. The van der Waals surface area contributed by atoms with Crippen LogP contribution in [0.2, 0.25) is 0 Å². The van der Waals surface area contributed by atoms with E-state index in [2.05, 4.69) is 47.8 Å². The van der Waals surface area contributed by atoms with E-state index in [0.29, 0.717) is 18.4 Å². The Morgan fingerprint density at radius 1 is 0.950 bits per heavy atom. The lowest BCUT2D eigenvalue weighted by molar-refractivity contribution is 0.141. The second-order valence-electron chi connectivity index (χ2n) is 5.89. The molecule has 2 aromatic rings. The maximum atomic E-state index is 9.50. The van der Waals surface area contributed by atoms with Crippen LogP contribution in [0.25, 0.3) is 10.8 Å². The van der Waals surface area contributed by atoms with Gasteiger partial charge in [-0.15, -0.1) is 0 Å². The molecule has 0 aromatic heterocycles. The van der Waals surface area contributed by atoms with Gasteiger partial charge in [-0.2, -0.15) is 0 Å². The van der Waals surface area contributed by atoms with Crippen molar-refractivity contribution in [2.75, 3.05) is 18.5 Å². The fourth-order valence-corrected chi connectivity index (χ4v) is 3.41. The molecule has 2 nitrogen and oxygen atoms in total. The van der Waals surface area contributed by atoms with E-state index in [1.54, 1.807) is 0 Å². The summed E-state index contributed by atoms with van der Waals surface area (Å²) in [6, 6.07) is 14.9. The number of hydrogen-bond donors (Lipinski definition) is 2. The van der Waals surface area contributed by atoms with Crippen molar-refractivity contribution in [2.24, 2.45) is 11.8 Å². The van der Waals surface area contributed by atoms with Crippen LogP contribution in [0, 0.1) is 11.8 Å². The Labute approximate surface area is 120 Å². The first-order chi connectivity index (χ1) is 9.88. The topological polar surface area (TPSA) is 32.3 Å². The Morgan fingerprint density at radius 2 is 1.70 bits per heavy atom. The molecule has 20 heavy (non-hydrogen) atoms. The number of aliphatic hydroxyl groups excluding tert-OH is 1. The van der Waals surface area contributed by atoms with Gasteiger partial charge in [-0.05, 0) is 36.1 Å². The molecule has 0 saturated heterocycles. The second kappa shape index (κ2) is 6.27. The summed E-state index contributed by atoms with van der Waals surface area (Å²) in [5.41, 5.74) is 1.21. The van der Waals surface area contributed by atoms with Gasteiger partial charge in [0.2, 0.25) is 0 Å². The Morgan fingerprint density at radius 3 is 2.55 bits per heavy atom. The highest BCUT2D eigenvalue weighted by Crippen LogP contribution is 2.31. The van der Waals surface area contributed by atoms with Crippen molar-refractivity contribution >= 4 is 16.5 Å². The Hall–Kier alpha value is -1.54. The van der Waals surface area contributed by atoms with E-state index in [4.69, 9.17) is 0 Å². The van der Waals surface area contributed by atoms with Gasteiger partial charge in [0, 0.05) is 24.2 Å². The summed E-state index contributed by atoms with van der Waals surface area (Å²) in [4.78, 5) is 0. The van der Waals surface area contributed by atoms with E-state index >= 15 is 0 Å². The monoisotopic (exact) mass is 269 g/mol. The van der Waals surface area contributed by atoms with Gasteiger partial charge in [-0.3, -0.25) is 0 Å². The SMILES string of the molecule is OCC1CCCCC1CNc1cccc2ccccc12. The van der Waals surface area contributed by atoms with Crippen molar-refractivity contribution in [1.82, 2.24) is 0 Å². The van der Waals surface area contributed by atoms with Crippen LogP contribution in [0.1, 0.15) is 25.7 Å². The molecule has 2 aromatic carbocycles. The van der Waals surface area contributed by atoms with E-state index in [-0.39, 0.29) is 0 Å². The van der Waals surface area contributed by atoms with Crippen molar-refractivity contribution in [3.63, 3.8) is 0 Å². The number of aliphatic hydroxyl groups is 1. The number of rotatable bonds is 4. The summed E-state index contributed by atoms with van der Waals surface area (Å²) < 4.78 is 0. The summed E-state index contributed by atoms with van der Waals surface area (Å²) in [6.45, 7) is 1.31. The maximum Gasteiger partial charge on any atom is 0.0462 e. The number of fused-ring (bicyclic) bond motifs is 1. The summed E-state index contributed by atoms with van der Waals surface area (Å²) in [7, 11) is 0. The minimum Gasteiger partial charge on any atom is -0.396 e. The van der Waals surface area contributed by atoms with Crippen LogP contribution in [0.4, 0.5) is 5.69 Å². The van der Waals surface area contributed by atoms with Crippen molar-refractivity contribution in [1.29, 1.82) is 0 Å². The lowest BCUT2D eigenvalue weighted by atomic mass is 9.79. The molecule has 2 N–H and O–H groups in total. The number of hydrogen-bond acceptors (Lipinski definition) is 2. The van der Waals surface area contributed by atoms with Crippen LogP contribution in [-0.2, 0) is 0 Å². The predicted octanol–water partition coefficient (Wildman–Crippen LogP) is 4.05. The van der Waals surface area contributed by atoms with Crippen LogP contribution in [-0.4, -0.2) is 18.3 Å². The fraction of sp³-hybridized carbons (Fsp3) is 0.444. The molecule has 1 aliphatic carbocycles. The molecule has 0 radical (unpaired) electrons. The van der Waals surface area contributed by atoms with Crippen LogP contribution in [0.15, 0.2) is 42.5 Å². The molecule has 0 aliphatic heterocycles. The second-order valence-corrected chi connectivity index (χ2v) is 5.89. The fourth-order valence-electron chi connectivity index (χ4n) is 3.41. The highest BCUT2D eigenvalue weighted by atomic mass is 16.3. The van der Waals surface area contributed by atoms with Crippen molar-refractivity contribution in [2.45, 2.75) is 25.7 Å². The molecule has 0 heterocycles. The lowest BCUT2D eigenvalue weighted by Gasteiger charge is -2.30. The first kappa shape index (κ1) is 13.4. The van der Waals surface area contributed by atoms with Crippen LogP contribution in [0.3, 0.4) is 0 Å². The first-order valence-corrected chi connectivity index (χ1v) is 7.71. The Bertz CT molecular complexity index is 561. The minimum atomic E-state index is 0.335. The average molecular weight is 269 g/mol. The minimum absolute atomic E-state index is 0.335. The largest absolute Gasteiger partial charge is 0.396 e. The lowest BCUT2D eigenvalue weighted by Crippen LogP contribution is -2.28. The van der Waals surface area contributed by atoms with Gasteiger partial charge in [0.1, 0.15) is 0 Å². The molecule has 2 atom stereocenters. The molecule has 0 bridgehead atoms. The number of anilines is 1. The van der Waals surface area contributed by atoms with Gasteiger partial charge in [-0.1, -0.05) is 49.2 Å². The van der Waals surface area contributed by atoms with Gasteiger partial charge in [-0.25, -0.2) is 0 Å². The van der Waals surface area contributed by atoms with Crippen LogP contribution >= 0.6 is 0 Å². The smallest absolute Gasteiger partial charge is 0.0462 e. The highest BCUT2D eigenvalue weighted by molar-refractivity contribution is 5.93. The van der Waals surface area contributed by atoms with Gasteiger partial charge in [0.25, 0.3) is 0 Å². The van der Waals surface area contributed by atoms with E-state index in [9.17, 15) is 5.11 Å². The van der Waals surface area contributed by atoms with Crippen molar-refractivity contribution < 1.29 is 5.11 Å². The zero-order chi connectivity index (χ0) is 13.8. The van der Waals surface area contributed by atoms with Gasteiger partial charge in [0.15, 0.2) is 0 Å². The van der Waals surface area contributed by atoms with Crippen LogP contribution < -0.4 is 5.32 Å². The third-order valence-electron chi connectivity index (χ3n) is 4.65. The quantitative estimate of drug-likeness (QED) is 0.877. The number of nitrogens with one attached hydrogen (secondary N) is 1. The predicted molar refractivity (Wildman–Crippen MR) is 85.0 cm³/mol.